The van der Waals surface area contributed by atoms with Crippen LogP contribution in [0.25, 0.3) is 0 Å². The van der Waals surface area contributed by atoms with E-state index < -0.39 is 0 Å². The van der Waals surface area contributed by atoms with E-state index in [0.29, 0.717) is 31.0 Å². The molecule has 0 aliphatic carbocycles. The van der Waals surface area contributed by atoms with Gasteiger partial charge in [0.15, 0.2) is 0 Å². The minimum absolute atomic E-state index is 0.291. The van der Waals surface area contributed by atoms with Crippen molar-refractivity contribution >= 4 is 5.91 Å². The Morgan fingerprint density at radius 1 is 1.47 bits per heavy atom. The number of piperidine rings is 1. The minimum atomic E-state index is 0.291. The average Bonchev–Trinajstić information content (AvgIpc) is 2.83. The minimum Gasteiger partial charge on any atom is -0.334 e. The molecule has 2 fully saturated rings. The third-order valence-electron chi connectivity index (χ3n) is 3.78. The van der Waals surface area contributed by atoms with Gasteiger partial charge in [-0.25, -0.2) is 0 Å². The number of carbonyl (C=O) groups is 1. The van der Waals surface area contributed by atoms with Crippen molar-refractivity contribution in [3.63, 3.8) is 0 Å². The molecule has 0 bridgehead atoms. The summed E-state index contributed by atoms with van der Waals surface area (Å²) in [5, 5.41) is 3.49. The summed E-state index contributed by atoms with van der Waals surface area (Å²) in [7, 11) is 0. The molecule has 1 aromatic rings. The first kappa shape index (κ1) is 10.7. The highest BCUT2D eigenvalue weighted by atomic mass is 16.2. The van der Waals surface area contributed by atoms with Gasteiger partial charge in [0.1, 0.15) is 0 Å². The fourth-order valence-electron chi connectivity index (χ4n) is 2.92. The van der Waals surface area contributed by atoms with Crippen LogP contribution in [0, 0.1) is 0 Å². The van der Waals surface area contributed by atoms with Crippen LogP contribution in [-0.2, 0) is 11.3 Å². The van der Waals surface area contributed by atoms with Gasteiger partial charge in [-0.2, -0.15) is 0 Å². The van der Waals surface area contributed by atoms with Crippen molar-refractivity contribution < 1.29 is 4.79 Å². The molecule has 0 spiro atoms. The van der Waals surface area contributed by atoms with Crippen molar-refractivity contribution in [3.05, 3.63) is 30.1 Å². The van der Waals surface area contributed by atoms with Crippen LogP contribution in [0.3, 0.4) is 0 Å². The first-order valence-electron chi connectivity index (χ1n) is 6.26. The van der Waals surface area contributed by atoms with Gasteiger partial charge in [-0.05, 0) is 31.0 Å². The molecule has 1 N–H and O–H groups in total. The summed E-state index contributed by atoms with van der Waals surface area (Å²) in [4.78, 5) is 18.2. The second-order valence-electron chi connectivity index (χ2n) is 4.84. The predicted molar refractivity (Wildman–Crippen MR) is 64.2 cm³/mol. The Labute approximate surface area is 101 Å². The molecule has 4 heteroatoms. The SMILES string of the molecule is O=C1CC[C@H]2NCC[C@H]2N1Cc1cccnc1. The van der Waals surface area contributed by atoms with Crippen molar-refractivity contribution in [1.82, 2.24) is 15.2 Å². The largest absolute Gasteiger partial charge is 0.334 e. The number of hydrogen-bond donors (Lipinski definition) is 1. The highest BCUT2D eigenvalue weighted by Gasteiger charge is 2.38. The highest BCUT2D eigenvalue weighted by molar-refractivity contribution is 5.77. The molecule has 1 aromatic heterocycles. The molecule has 3 heterocycles. The number of rotatable bonds is 2. The molecule has 2 atom stereocenters. The Kier molecular flexibility index (Phi) is 2.81. The lowest BCUT2D eigenvalue weighted by atomic mass is 9.96. The summed E-state index contributed by atoms with van der Waals surface area (Å²) in [6.45, 7) is 1.74. The van der Waals surface area contributed by atoms with Crippen molar-refractivity contribution in [3.8, 4) is 0 Å². The topological polar surface area (TPSA) is 45.2 Å². The summed E-state index contributed by atoms with van der Waals surface area (Å²) in [5.41, 5.74) is 1.12. The smallest absolute Gasteiger partial charge is 0.223 e. The van der Waals surface area contributed by atoms with Crippen LogP contribution in [0.4, 0.5) is 0 Å². The highest BCUT2D eigenvalue weighted by Crippen LogP contribution is 2.26. The van der Waals surface area contributed by atoms with E-state index in [4.69, 9.17) is 0 Å². The molecule has 90 valence electrons. The van der Waals surface area contributed by atoms with E-state index >= 15 is 0 Å². The van der Waals surface area contributed by atoms with Gasteiger partial charge >= 0.3 is 0 Å². The molecular formula is C13H17N3O. The Balaban J connectivity index is 1.78. The van der Waals surface area contributed by atoms with Crippen molar-refractivity contribution in [2.45, 2.75) is 37.9 Å². The number of pyridine rings is 1. The molecule has 1 amide bonds. The Morgan fingerprint density at radius 3 is 3.24 bits per heavy atom. The van der Waals surface area contributed by atoms with Gasteiger partial charge < -0.3 is 10.2 Å². The molecule has 17 heavy (non-hydrogen) atoms. The van der Waals surface area contributed by atoms with E-state index in [9.17, 15) is 4.79 Å². The number of hydrogen-bond acceptors (Lipinski definition) is 3. The molecule has 0 aromatic carbocycles. The van der Waals surface area contributed by atoms with Crippen LogP contribution in [-0.4, -0.2) is 34.4 Å². The zero-order chi connectivity index (χ0) is 11.7. The molecule has 4 nitrogen and oxygen atoms in total. The standard InChI is InChI=1S/C13H17N3O/c17-13-4-3-11-12(5-7-15-11)16(13)9-10-2-1-6-14-8-10/h1-2,6,8,11-12,15H,3-5,7,9H2/t11-,12-/m1/s1. The predicted octanol–water partition coefficient (Wildman–Crippen LogP) is 0.934. The molecule has 0 unspecified atom stereocenters. The maximum Gasteiger partial charge on any atom is 0.223 e. The van der Waals surface area contributed by atoms with Gasteiger partial charge in [0.05, 0.1) is 0 Å². The molecular weight excluding hydrogens is 214 g/mol. The monoisotopic (exact) mass is 231 g/mol. The second-order valence-corrected chi connectivity index (χ2v) is 4.84. The number of carbonyl (C=O) groups excluding carboxylic acids is 1. The van der Waals surface area contributed by atoms with E-state index in [1.807, 2.05) is 23.2 Å². The number of likely N-dealkylation sites (tertiary alicyclic amines) is 1. The third-order valence-corrected chi connectivity index (χ3v) is 3.78. The molecule has 2 aliphatic rings. The molecule has 2 aliphatic heterocycles. The van der Waals surface area contributed by atoms with Crippen molar-refractivity contribution in [2.75, 3.05) is 6.54 Å². The van der Waals surface area contributed by atoms with E-state index in [1.165, 1.54) is 0 Å². The lowest BCUT2D eigenvalue weighted by Crippen LogP contribution is -2.50. The van der Waals surface area contributed by atoms with E-state index in [2.05, 4.69) is 10.3 Å². The summed E-state index contributed by atoms with van der Waals surface area (Å²) in [6, 6.07) is 4.85. The van der Waals surface area contributed by atoms with Crippen LogP contribution in [0.15, 0.2) is 24.5 Å². The third kappa shape index (κ3) is 2.05. The zero-order valence-corrected chi connectivity index (χ0v) is 9.80. The summed E-state index contributed by atoms with van der Waals surface area (Å²) in [5.74, 6) is 0.291. The lowest BCUT2D eigenvalue weighted by molar-refractivity contribution is -0.137. The van der Waals surface area contributed by atoms with Crippen molar-refractivity contribution in [1.29, 1.82) is 0 Å². The van der Waals surface area contributed by atoms with Gasteiger partial charge in [0, 0.05) is 37.4 Å². The van der Waals surface area contributed by atoms with Gasteiger partial charge in [0.2, 0.25) is 5.91 Å². The summed E-state index contributed by atoms with van der Waals surface area (Å²) in [6.07, 6.45) is 6.36. The molecule has 2 saturated heterocycles. The second kappa shape index (κ2) is 4.45. The molecule has 0 saturated carbocycles. The average molecular weight is 231 g/mol. The quantitative estimate of drug-likeness (QED) is 0.823. The lowest BCUT2D eigenvalue weighted by Gasteiger charge is -2.37. The fraction of sp³-hybridized carbons (Fsp3) is 0.538. The molecule has 0 radical (unpaired) electrons. The van der Waals surface area contributed by atoms with Crippen molar-refractivity contribution in [2.24, 2.45) is 0 Å². The number of amides is 1. The van der Waals surface area contributed by atoms with Crippen LogP contribution in [0.5, 0.6) is 0 Å². The number of aromatic nitrogens is 1. The number of fused-ring (bicyclic) bond motifs is 1. The maximum absolute atomic E-state index is 12.0. The van der Waals surface area contributed by atoms with Gasteiger partial charge in [-0.3, -0.25) is 9.78 Å². The normalized spacial score (nSPS) is 28.2. The van der Waals surface area contributed by atoms with Gasteiger partial charge in [-0.1, -0.05) is 6.07 Å². The van der Waals surface area contributed by atoms with Gasteiger partial charge in [-0.15, -0.1) is 0 Å². The summed E-state index contributed by atoms with van der Waals surface area (Å²) < 4.78 is 0. The van der Waals surface area contributed by atoms with E-state index in [1.54, 1.807) is 6.20 Å². The summed E-state index contributed by atoms with van der Waals surface area (Å²) >= 11 is 0. The number of nitrogens with zero attached hydrogens (tertiary/aromatic N) is 2. The Morgan fingerprint density at radius 2 is 2.41 bits per heavy atom. The Hall–Kier alpha value is -1.42. The number of nitrogens with one attached hydrogen (secondary N) is 1. The van der Waals surface area contributed by atoms with E-state index in [0.717, 1.165) is 24.9 Å². The zero-order valence-electron chi connectivity index (χ0n) is 9.80. The first-order chi connectivity index (χ1) is 8.34. The van der Waals surface area contributed by atoms with Gasteiger partial charge in [0.25, 0.3) is 0 Å². The van der Waals surface area contributed by atoms with E-state index in [-0.39, 0.29) is 0 Å². The fourth-order valence-corrected chi connectivity index (χ4v) is 2.92. The van der Waals surface area contributed by atoms with Crippen LogP contribution >= 0.6 is 0 Å². The molecule has 3 rings (SSSR count). The Bertz CT molecular complexity index is 406. The van der Waals surface area contributed by atoms with Crippen LogP contribution < -0.4 is 5.32 Å². The maximum atomic E-state index is 12.0. The van der Waals surface area contributed by atoms with Crippen LogP contribution in [0.2, 0.25) is 0 Å². The first-order valence-corrected chi connectivity index (χ1v) is 6.26. The van der Waals surface area contributed by atoms with Crippen LogP contribution in [0.1, 0.15) is 24.8 Å².